The van der Waals surface area contributed by atoms with Crippen molar-refractivity contribution in [2.45, 2.75) is 12.5 Å². The second-order valence-corrected chi connectivity index (χ2v) is 4.26. The van der Waals surface area contributed by atoms with E-state index in [1.165, 1.54) is 0 Å². The Morgan fingerprint density at radius 3 is 3.07 bits per heavy atom. The molecular weight excluding hydrogens is 246 g/mol. The first-order valence-electron chi connectivity index (χ1n) is 4.61. The molecule has 1 atom stereocenters. The molecule has 0 aromatic heterocycles. The van der Waals surface area contributed by atoms with Crippen molar-refractivity contribution in [2.24, 2.45) is 0 Å². The standard InChI is InChI=1S/C10H12BrNO2/c11-7-1-2-9(13)10(5-7)14-8-3-4-12-6-8/h1-2,5,8,12-13H,3-4,6H2. The Bertz CT molecular complexity index is 324. The van der Waals surface area contributed by atoms with Gasteiger partial charge in [-0.05, 0) is 31.2 Å². The van der Waals surface area contributed by atoms with Gasteiger partial charge >= 0.3 is 0 Å². The molecule has 1 aromatic carbocycles. The Labute approximate surface area is 91.2 Å². The van der Waals surface area contributed by atoms with Crippen molar-refractivity contribution in [2.75, 3.05) is 13.1 Å². The highest BCUT2D eigenvalue weighted by atomic mass is 79.9. The Kier molecular flexibility index (Phi) is 2.93. The molecule has 76 valence electrons. The summed E-state index contributed by atoms with van der Waals surface area (Å²) in [6, 6.07) is 5.20. The molecule has 2 N–H and O–H groups in total. The average molecular weight is 258 g/mol. The molecule has 3 nitrogen and oxygen atoms in total. The van der Waals surface area contributed by atoms with E-state index in [4.69, 9.17) is 4.74 Å². The maximum Gasteiger partial charge on any atom is 0.162 e. The van der Waals surface area contributed by atoms with Gasteiger partial charge in [0.25, 0.3) is 0 Å². The fraction of sp³-hybridized carbons (Fsp3) is 0.400. The number of hydrogen-bond acceptors (Lipinski definition) is 3. The van der Waals surface area contributed by atoms with E-state index in [1.54, 1.807) is 18.2 Å². The zero-order valence-electron chi connectivity index (χ0n) is 7.66. The third-order valence-electron chi connectivity index (χ3n) is 2.23. The highest BCUT2D eigenvalue weighted by Crippen LogP contribution is 2.30. The first-order valence-corrected chi connectivity index (χ1v) is 5.41. The van der Waals surface area contributed by atoms with Gasteiger partial charge < -0.3 is 15.2 Å². The number of hydrogen-bond donors (Lipinski definition) is 2. The molecule has 14 heavy (non-hydrogen) atoms. The van der Waals surface area contributed by atoms with Crippen LogP contribution >= 0.6 is 15.9 Å². The highest BCUT2D eigenvalue weighted by Gasteiger charge is 2.17. The van der Waals surface area contributed by atoms with Crippen molar-refractivity contribution >= 4 is 15.9 Å². The van der Waals surface area contributed by atoms with Gasteiger partial charge in [0.1, 0.15) is 6.10 Å². The summed E-state index contributed by atoms with van der Waals surface area (Å²) in [6.45, 7) is 1.84. The van der Waals surface area contributed by atoms with Gasteiger partial charge in [-0.25, -0.2) is 0 Å². The summed E-state index contributed by atoms with van der Waals surface area (Å²) in [6.07, 6.45) is 1.17. The molecule has 0 saturated carbocycles. The monoisotopic (exact) mass is 257 g/mol. The minimum atomic E-state index is 0.176. The molecule has 1 fully saturated rings. The fourth-order valence-corrected chi connectivity index (χ4v) is 1.83. The quantitative estimate of drug-likeness (QED) is 0.851. The molecule has 1 unspecified atom stereocenters. The second-order valence-electron chi connectivity index (χ2n) is 3.34. The molecule has 1 aliphatic rings. The predicted octanol–water partition coefficient (Wildman–Crippen LogP) is 1.90. The Balaban J connectivity index is 2.10. The second kappa shape index (κ2) is 4.19. The third kappa shape index (κ3) is 2.19. The molecule has 0 bridgehead atoms. The van der Waals surface area contributed by atoms with Crippen LogP contribution in [0.4, 0.5) is 0 Å². The Morgan fingerprint density at radius 1 is 1.50 bits per heavy atom. The number of halogens is 1. The summed E-state index contributed by atoms with van der Waals surface area (Å²) >= 11 is 3.34. The van der Waals surface area contributed by atoms with Crippen LogP contribution in [0.2, 0.25) is 0 Å². The van der Waals surface area contributed by atoms with Crippen molar-refractivity contribution in [3.63, 3.8) is 0 Å². The van der Waals surface area contributed by atoms with Crippen LogP contribution in [-0.4, -0.2) is 24.3 Å². The van der Waals surface area contributed by atoms with Crippen molar-refractivity contribution < 1.29 is 9.84 Å². The molecule has 1 saturated heterocycles. The van der Waals surface area contributed by atoms with Crippen LogP contribution in [0.5, 0.6) is 11.5 Å². The summed E-state index contributed by atoms with van der Waals surface area (Å²) in [5, 5.41) is 12.7. The van der Waals surface area contributed by atoms with Gasteiger partial charge in [0.15, 0.2) is 11.5 Å². The minimum Gasteiger partial charge on any atom is -0.504 e. The van der Waals surface area contributed by atoms with Crippen molar-refractivity contribution in [1.82, 2.24) is 5.32 Å². The average Bonchev–Trinajstić information content (AvgIpc) is 2.64. The van der Waals surface area contributed by atoms with E-state index in [1.807, 2.05) is 0 Å². The van der Waals surface area contributed by atoms with Crippen LogP contribution in [0.1, 0.15) is 6.42 Å². The lowest BCUT2D eigenvalue weighted by atomic mass is 10.3. The van der Waals surface area contributed by atoms with Gasteiger partial charge in [-0.3, -0.25) is 0 Å². The lowest BCUT2D eigenvalue weighted by molar-refractivity contribution is 0.214. The summed E-state index contributed by atoms with van der Waals surface area (Å²) in [5.41, 5.74) is 0. The molecule has 1 aliphatic heterocycles. The zero-order valence-corrected chi connectivity index (χ0v) is 9.25. The van der Waals surface area contributed by atoms with Gasteiger partial charge in [0, 0.05) is 11.0 Å². The number of phenolic OH excluding ortho intramolecular Hbond substituents is 1. The summed E-state index contributed by atoms with van der Waals surface area (Å²) in [5.74, 6) is 0.744. The molecule has 0 amide bonds. The van der Waals surface area contributed by atoms with Crippen molar-refractivity contribution in [3.05, 3.63) is 22.7 Å². The number of ether oxygens (including phenoxy) is 1. The topological polar surface area (TPSA) is 41.5 Å². The smallest absolute Gasteiger partial charge is 0.162 e. The summed E-state index contributed by atoms with van der Waals surface area (Å²) < 4.78 is 6.56. The first kappa shape index (κ1) is 9.80. The van der Waals surface area contributed by atoms with E-state index in [9.17, 15) is 5.11 Å². The van der Waals surface area contributed by atoms with E-state index in [0.29, 0.717) is 5.75 Å². The van der Waals surface area contributed by atoms with Crippen LogP contribution in [0.15, 0.2) is 22.7 Å². The molecule has 1 heterocycles. The maximum atomic E-state index is 9.53. The lowest BCUT2D eigenvalue weighted by Crippen LogP contribution is -2.19. The Hall–Kier alpha value is -0.740. The van der Waals surface area contributed by atoms with Gasteiger partial charge in [-0.2, -0.15) is 0 Å². The summed E-state index contributed by atoms with van der Waals surface area (Å²) in [4.78, 5) is 0. The van der Waals surface area contributed by atoms with Crippen LogP contribution in [0, 0.1) is 0 Å². The maximum absolute atomic E-state index is 9.53. The molecule has 1 aromatic rings. The van der Waals surface area contributed by atoms with Crippen molar-refractivity contribution in [3.8, 4) is 11.5 Å². The number of nitrogens with one attached hydrogen (secondary N) is 1. The van der Waals surface area contributed by atoms with Gasteiger partial charge in [0.05, 0.1) is 0 Å². The predicted molar refractivity (Wildman–Crippen MR) is 57.7 cm³/mol. The van der Waals surface area contributed by atoms with E-state index in [0.717, 1.165) is 24.0 Å². The van der Waals surface area contributed by atoms with Gasteiger partial charge in [-0.1, -0.05) is 15.9 Å². The number of phenols is 1. The Morgan fingerprint density at radius 2 is 2.36 bits per heavy atom. The number of rotatable bonds is 2. The van der Waals surface area contributed by atoms with Crippen LogP contribution in [0.25, 0.3) is 0 Å². The van der Waals surface area contributed by atoms with E-state index in [-0.39, 0.29) is 11.9 Å². The number of aromatic hydroxyl groups is 1. The lowest BCUT2D eigenvalue weighted by Gasteiger charge is -2.13. The van der Waals surface area contributed by atoms with E-state index >= 15 is 0 Å². The molecule has 0 aliphatic carbocycles. The first-order chi connectivity index (χ1) is 6.75. The molecule has 2 rings (SSSR count). The van der Waals surface area contributed by atoms with Crippen molar-refractivity contribution in [1.29, 1.82) is 0 Å². The van der Waals surface area contributed by atoms with Gasteiger partial charge in [0.2, 0.25) is 0 Å². The van der Waals surface area contributed by atoms with E-state index in [2.05, 4.69) is 21.2 Å². The molecular formula is C10H12BrNO2. The molecule has 4 heteroatoms. The molecule has 0 radical (unpaired) electrons. The third-order valence-corrected chi connectivity index (χ3v) is 2.72. The number of benzene rings is 1. The minimum absolute atomic E-state index is 0.176. The van der Waals surface area contributed by atoms with E-state index < -0.39 is 0 Å². The zero-order chi connectivity index (χ0) is 9.97. The largest absolute Gasteiger partial charge is 0.504 e. The van der Waals surface area contributed by atoms with Crippen LogP contribution in [-0.2, 0) is 0 Å². The molecule has 0 spiro atoms. The van der Waals surface area contributed by atoms with Gasteiger partial charge in [-0.15, -0.1) is 0 Å². The highest BCUT2D eigenvalue weighted by molar-refractivity contribution is 9.10. The SMILES string of the molecule is Oc1ccc(Br)cc1OC1CCNC1. The summed E-state index contributed by atoms with van der Waals surface area (Å²) in [7, 11) is 0. The van der Waals surface area contributed by atoms with Crippen LogP contribution in [0.3, 0.4) is 0 Å². The van der Waals surface area contributed by atoms with Crippen LogP contribution < -0.4 is 10.1 Å². The fourth-order valence-electron chi connectivity index (χ4n) is 1.49. The normalized spacial score (nSPS) is 21.1.